The normalized spacial score (nSPS) is 11.3. The molecule has 0 fully saturated rings. The fourth-order valence-electron chi connectivity index (χ4n) is 2.36. The Morgan fingerprint density at radius 3 is 2.56 bits per heavy atom. The van der Waals surface area contributed by atoms with Crippen LogP contribution in [0.25, 0.3) is 11.1 Å². The second-order valence-electron chi connectivity index (χ2n) is 5.34. The molecule has 5 N–H and O–H groups in total. The van der Waals surface area contributed by atoms with Crippen molar-refractivity contribution in [3.8, 4) is 11.1 Å². The fourth-order valence-corrected chi connectivity index (χ4v) is 2.36. The molecular formula is C16H21N7O2. The van der Waals surface area contributed by atoms with Crippen molar-refractivity contribution in [2.24, 2.45) is 23.8 Å². The topological polar surface area (TPSA) is 132 Å². The number of nitrogens with two attached hydrogens (primary N) is 2. The van der Waals surface area contributed by atoms with Crippen molar-refractivity contribution in [3.63, 3.8) is 0 Å². The minimum Gasteiger partial charge on any atom is -0.320 e. The number of carbonyl (C=O) groups is 1. The molecule has 0 aliphatic carbocycles. The first-order valence-corrected chi connectivity index (χ1v) is 7.65. The quantitative estimate of drug-likeness (QED) is 0.309. The largest absolute Gasteiger partial charge is 0.320 e. The number of nitrogens with one attached hydrogen (secondary N) is 1. The molecular weight excluding hydrogens is 322 g/mol. The predicted molar refractivity (Wildman–Crippen MR) is 95.3 cm³/mol. The van der Waals surface area contributed by atoms with Crippen molar-refractivity contribution in [1.82, 2.24) is 20.1 Å². The Hall–Kier alpha value is -3.20. The van der Waals surface area contributed by atoms with E-state index in [1.807, 2.05) is 18.2 Å². The summed E-state index contributed by atoms with van der Waals surface area (Å²) in [6.07, 6.45) is 0. The van der Waals surface area contributed by atoms with Gasteiger partial charge in [-0.15, -0.1) is 5.10 Å². The third kappa shape index (κ3) is 3.66. The molecule has 0 unspecified atom stereocenters. The second-order valence-corrected chi connectivity index (χ2v) is 5.34. The zero-order valence-electron chi connectivity index (χ0n) is 14.4. The molecule has 1 aromatic carbocycles. The first-order chi connectivity index (χ1) is 11.9. The number of rotatable bonds is 3. The first-order valence-electron chi connectivity index (χ1n) is 7.65. The Morgan fingerprint density at radius 2 is 2.00 bits per heavy atom. The highest BCUT2D eigenvalue weighted by Gasteiger charge is 2.21. The maximum Gasteiger partial charge on any atom is 0.278 e. The minimum absolute atomic E-state index is 0.00353. The number of amides is 1. The van der Waals surface area contributed by atoms with E-state index in [9.17, 15) is 9.59 Å². The van der Waals surface area contributed by atoms with Crippen LogP contribution in [-0.4, -0.2) is 33.2 Å². The van der Waals surface area contributed by atoms with Gasteiger partial charge in [-0.05, 0) is 25.0 Å². The fraction of sp³-hybridized carbons (Fsp3) is 0.250. The predicted octanol–water partition coefficient (Wildman–Crippen LogP) is -0.0892. The molecule has 0 atom stereocenters. The van der Waals surface area contributed by atoms with Crippen molar-refractivity contribution < 1.29 is 4.79 Å². The van der Waals surface area contributed by atoms with E-state index in [0.717, 1.165) is 4.68 Å². The number of hydrazone groups is 1. The lowest BCUT2D eigenvalue weighted by atomic mass is 10.0. The second kappa shape index (κ2) is 7.58. The summed E-state index contributed by atoms with van der Waals surface area (Å²) in [4.78, 5) is 25.1. The van der Waals surface area contributed by atoms with E-state index >= 15 is 0 Å². The number of nitrogens with zero attached hydrogens (tertiary/aromatic N) is 4. The monoisotopic (exact) mass is 343 g/mol. The van der Waals surface area contributed by atoms with Crippen LogP contribution in [-0.2, 0) is 7.05 Å². The van der Waals surface area contributed by atoms with Crippen LogP contribution in [0.1, 0.15) is 23.0 Å². The van der Waals surface area contributed by atoms with Gasteiger partial charge >= 0.3 is 0 Å². The minimum atomic E-state index is -0.557. The maximum atomic E-state index is 12.6. The van der Waals surface area contributed by atoms with Crippen LogP contribution in [0.2, 0.25) is 0 Å². The number of hydrazine groups is 1. The molecule has 132 valence electrons. The van der Waals surface area contributed by atoms with Crippen LogP contribution >= 0.6 is 0 Å². The summed E-state index contributed by atoms with van der Waals surface area (Å²) >= 11 is 0. The maximum absolute atomic E-state index is 12.6. The Bertz CT molecular complexity index is 859. The number of aryl methyl sites for hydroxylation is 1. The lowest BCUT2D eigenvalue weighted by Gasteiger charge is -2.18. The van der Waals surface area contributed by atoms with Gasteiger partial charge in [-0.2, -0.15) is 5.10 Å². The molecule has 9 nitrogen and oxygen atoms in total. The molecule has 0 saturated heterocycles. The molecule has 25 heavy (non-hydrogen) atoms. The van der Waals surface area contributed by atoms with Crippen molar-refractivity contribution in [2.45, 2.75) is 13.8 Å². The van der Waals surface area contributed by atoms with Gasteiger partial charge in [-0.1, -0.05) is 30.3 Å². The van der Waals surface area contributed by atoms with Crippen LogP contribution in [0.3, 0.4) is 0 Å². The van der Waals surface area contributed by atoms with Gasteiger partial charge in [0, 0.05) is 13.6 Å². The number of carbonyl (C=O) groups excluding carboxylic acids is 1. The molecule has 9 heteroatoms. The first kappa shape index (κ1) is 18.1. The van der Waals surface area contributed by atoms with E-state index < -0.39 is 5.91 Å². The zero-order chi connectivity index (χ0) is 18.6. The SMILES string of the molecule is CCN(N)C(=NN)NC(=O)c1nn(C)c(=O)c(-c2ccccc2)c1C. The molecule has 0 aliphatic heterocycles. The van der Waals surface area contributed by atoms with Crippen molar-refractivity contribution in [3.05, 3.63) is 51.9 Å². The number of aromatic nitrogens is 2. The molecule has 2 rings (SSSR count). The Morgan fingerprint density at radius 1 is 1.36 bits per heavy atom. The molecule has 1 amide bonds. The number of benzene rings is 1. The highest BCUT2D eigenvalue weighted by Crippen LogP contribution is 2.20. The lowest BCUT2D eigenvalue weighted by molar-refractivity contribution is 0.0964. The summed E-state index contributed by atoms with van der Waals surface area (Å²) in [6, 6.07) is 9.10. The van der Waals surface area contributed by atoms with Crippen LogP contribution in [0.4, 0.5) is 0 Å². The molecule has 1 aromatic heterocycles. The lowest BCUT2D eigenvalue weighted by Crippen LogP contribution is -2.49. The van der Waals surface area contributed by atoms with E-state index in [2.05, 4.69) is 15.5 Å². The van der Waals surface area contributed by atoms with Gasteiger partial charge in [-0.3, -0.25) is 19.9 Å². The van der Waals surface area contributed by atoms with Crippen molar-refractivity contribution in [1.29, 1.82) is 0 Å². The van der Waals surface area contributed by atoms with Gasteiger partial charge in [0.05, 0.1) is 5.56 Å². The van der Waals surface area contributed by atoms with E-state index in [0.29, 0.717) is 23.2 Å². The molecule has 1 heterocycles. The number of guanidine groups is 1. The summed E-state index contributed by atoms with van der Waals surface area (Å²) in [5.74, 6) is 10.4. The summed E-state index contributed by atoms with van der Waals surface area (Å²) in [7, 11) is 1.49. The highest BCUT2D eigenvalue weighted by molar-refractivity contribution is 6.05. The van der Waals surface area contributed by atoms with Crippen LogP contribution in [0.5, 0.6) is 0 Å². The van der Waals surface area contributed by atoms with Crippen LogP contribution in [0.15, 0.2) is 40.2 Å². The molecule has 0 aliphatic rings. The highest BCUT2D eigenvalue weighted by atomic mass is 16.2. The van der Waals surface area contributed by atoms with Gasteiger partial charge in [-0.25, -0.2) is 10.5 Å². The summed E-state index contributed by atoms with van der Waals surface area (Å²) < 4.78 is 1.13. The van der Waals surface area contributed by atoms with Crippen LogP contribution in [0, 0.1) is 6.92 Å². The van der Waals surface area contributed by atoms with E-state index in [4.69, 9.17) is 11.7 Å². The van der Waals surface area contributed by atoms with Gasteiger partial charge in [0.2, 0.25) is 5.96 Å². The van der Waals surface area contributed by atoms with E-state index in [1.165, 1.54) is 12.1 Å². The van der Waals surface area contributed by atoms with E-state index in [1.54, 1.807) is 26.0 Å². The molecule has 0 spiro atoms. The summed E-state index contributed by atoms with van der Waals surface area (Å²) in [5.41, 5.74) is 1.38. The Labute approximate surface area is 144 Å². The zero-order valence-corrected chi connectivity index (χ0v) is 14.4. The van der Waals surface area contributed by atoms with Gasteiger partial charge in [0.25, 0.3) is 11.5 Å². The summed E-state index contributed by atoms with van der Waals surface area (Å²) in [6.45, 7) is 3.84. The Balaban J connectivity index is 2.51. The standard InChI is InChI=1S/C16H21N7O2/c1-4-23(18)16(20-17)19-14(24)13-10(2)12(15(25)22(3)21-13)11-8-6-5-7-9-11/h5-9H,4,17-18H2,1-3H3,(H,19,20,24). The van der Waals surface area contributed by atoms with Gasteiger partial charge in [0.1, 0.15) is 0 Å². The Kier molecular flexibility index (Phi) is 5.50. The molecule has 0 saturated carbocycles. The van der Waals surface area contributed by atoms with Gasteiger partial charge in [0.15, 0.2) is 5.69 Å². The van der Waals surface area contributed by atoms with Gasteiger partial charge < -0.3 is 5.84 Å². The molecule has 2 aromatic rings. The third-order valence-corrected chi connectivity index (χ3v) is 3.73. The average molecular weight is 343 g/mol. The third-order valence-electron chi connectivity index (χ3n) is 3.73. The average Bonchev–Trinajstić information content (AvgIpc) is 2.62. The molecule has 0 bridgehead atoms. The van der Waals surface area contributed by atoms with Crippen molar-refractivity contribution in [2.75, 3.05) is 6.54 Å². The number of hydrogen-bond acceptors (Lipinski definition) is 6. The van der Waals surface area contributed by atoms with E-state index in [-0.39, 0.29) is 17.2 Å². The smallest absolute Gasteiger partial charge is 0.278 e. The van der Waals surface area contributed by atoms with Crippen LogP contribution < -0.4 is 22.6 Å². The molecule has 0 radical (unpaired) electrons. The summed E-state index contributed by atoms with van der Waals surface area (Å²) in [5, 5.41) is 11.2. The number of hydrogen-bond donors (Lipinski definition) is 3. The van der Waals surface area contributed by atoms with Crippen molar-refractivity contribution >= 4 is 11.9 Å².